The summed E-state index contributed by atoms with van der Waals surface area (Å²) < 4.78 is 22.5. The van der Waals surface area contributed by atoms with E-state index in [-0.39, 0.29) is 10.6 Å². The Kier molecular flexibility index (Phi) is 4.61. The van der Waals surface area contributed by atoms with Crippen molar-refractivity contribution < 1.29 is 13.3 Å². The van der Waals surface area contributed by atoms with Gasteiger partial charge in [-0.05, 0) is 42.5 Å². The molecule has 0 amide bonds. The highest BCUT2D eigenvalue weighted by Crippen LogP contribution is 2.22. The summed E-state index contributed by atoms with van der Waals surface area (Å²) in [5.74, 6) is 0.296. The minimum Gasteiger partial charge on any atom is -0.324 e. The number of sulfonamides is 1. The van der Waals surface area contributed by atoms with Gasteiger partial charge in [-0.15, -0.1) is 0 Å². The van der Waals surface area contributed by atoms with Gasteiger partial charge in [0.05, 0.1) is 15.5 Å². The number of anilines is 2. The second-order valence-electron chi connectivity index (χ2n) is 5.26. The minimum atomic E-state index is -3.75. The summed E-state index contributed by atoms with van der Waals surface area (Å²) >= 11 is 0. The fourth-order valence-electron chi connectivity index (χ4n) is 2.19. The molecule has 3 aromatic rings. The Bertz CT molecular complexity index is 1050. The van der Waals surface area contributed by atoms with Gasteiger partial charge in [-0.3, -0.25) is 10.1 Å². The highest BCUT2D eigenvalue weighted by Gasteiger charge is 2.09. The Balaban J connectivity index is 1.82. The number of nitrogens with one attached hydrogen (secondary N) is 1. The molecule has 2 aromatic carbocycles. The Hall–Kier alpha value is -3.37. The Morgan fingerprint density at radius 2 is 1.65 bits per heavy atom. The van der Waals surface area contributed by atoms with E-state index in [1.807, 2.05) is 0 Å². The molecule has 0 aliphatic rings. The molecule has 10 heteroatoms. The van der Waals surface area contributed by atoms with Crippen molar-refractivity contribution in [2.45, 2.75) is 4.90 Å². The number of nitrogens with zero attached hydrogens (tertiary/aromatic N) is 3. The van der Waals surface area contributed by atoms with E-state index in [1.165, 1.54) is 24.3 Å². The van der Waals surface area contributed by atoms with Crippen LogP contribution in [0.2, 0.25) is 0 Å². The van der Waals surface area contributed by atoms with Gasteiger partial charge in [0.1, 0.15) is 0 Å². The number of primary sulfonamides is 1. The summed E-state index contributed by atoms with van der Waals surface area (Å²) in [4.78, 5) is 18.7. The molecule has 0 fully saturated rings. The number of nitro groups is 1. The van der Waals surface area contributed by atoms with E-state index in [1.54, 1.807) is 36.5 Å². The van der Waals surface area contributed by atoms with Crippen molar-refractivity contribution in [1.82, 2.24) is 9.97 Å². The maximum absolute atomic E-state index is 11.3. The van der Waals surface area contributed by atoms with Crippen molar-refractivity contribution in [1.29, 1.82) is 0 Å². The van der Waals surface area contributed by atoms with Gasteiger partial charge >= 0.3 is 0 Å². The molecule has 0 atom stereocenters. The Morgan fingerprint density at radius 3 is 2.23 bits per heavy atom. The first-order valence-electron chi connectivity index (χ1n) is 7.31. The van der Waals surface area contributed by atoms with Crippen LogP contribution in [0.25, 0.3) is 11.3 Å². The molecule has 1 aromatic heterocycles. The summed E-state index contributed by atoms with van der Waals surface area (Å²) in [5, 5.41) is 18.7. The van der Waals surface area contributed by atoms with Gasteiger partial charge in [-0.25, -0.2) is 23.5 Å². The highest BCUT2D eigenvalue weighted by atomic mass is 32.2. The molecule has 9 nitrogen and oxygen atoms in total. The number of non-ortho nitro benzene ring substituents is 1. The second kappa shape index (κ2) is 6.86. The molecule has 26 heavy (non-hydrogen) atoms. The first-order valence-corrected chi connectivity index (χ1v) is 8.85. The highest BCUT2D eigenvalue weighted by molar-refractivity contribution is 7.89. The normalized spacial score (nSPS) is 11.1. The SMILES string of the molecule is NS(=O)(=O)c1ccc(Nc2nccc(-c3ccc([N+](=O)[O-])cc3)n2)cc1. The van der Waals surface area contributed by atoms with Crippen LogP contribution in [-0.4, -0.2) is 23.3 Å². The van der Waals surface area contributed by atoms with E-state index in [0.29, 0.717) is 22.9 Å². The van der Waals surface area contributed by atoms with Crippen molar-refractivity contribution in [3.05, 3.63) is 70.9 Å². The van der Waals surface area contributed by atoms with E-state index in [0.717, 1.165) is 0 Å². The van der Waals surface area contributed by atoms with Crippen molar-refractivity contribution in [2.24, 2.45) is 5.14 Å². The molecule has 3 N–H and O–H groups in total. The molecule has 132 valence electrons. The fourth-order valence-corrected chi connectivity index (χ4v) is 2.71. The third-order valence-electron chi connectivity index (χ3n) is 3.47. The summed E-state index contributed by atoms with van der Waals surface area (Å²) in [5.41, 5.74) is 1.86. The molecule has 0 unspecified atom stereocenters. The molecule has 0 saturated heterocycles. The maximum atomic E-state index is 11.3. The lowest BCUT2D eigenvalue weighted by molar-refractivity contribution is -0.384. The van der Waals surface area contributed by atoms with E-state index in [9.17, 15) is 18.5 Å². The van der Waals surface area contributed by atoms with Crippen molar-refractivity contribution >= 4 is 27.3 Å². The molecular formula is C16H13N5O4S. The lowest BCUT2D eigenvalue weighted by atomic mass is 10.1. The van der Waals surface area contributed by atoms with E-state index >= 15 is 0 Å². The monoisotopic (exact) mass is 371 g/mol. The predicted molar refractivity (Wildman–Crippen MR) is 95.2 cm³/mol. The summed E-state index contributed by atoms with van der Waals surface area (Å²) in [6.07, 6.45) is 1.55. The number of hydrogen-bond acceptors (Lipinski definition) is 7. The fraction of sp³-hybridized carbons (Fsp3) is 0. The lowest BCUT2D eigenvalue weighted by Gasteiger charge is -2.07. The topological polar surface area (TPSA) is 141 Å². The Labute approximate surface area is 148 Å². The van der Waals surface area contributed by atoms with Crippen molar-refractivity contribution in [3.8, 4) is 11.3 Å². The third-order valence-corrected chi connectivity index (χ3v) is 4.40. The van der Waals surface area contributed by atoms with Gasteiger partial charge in [0.15, 0.2) is 0 Å². The van der Waals surface area contributed by atoms with Crippen LogP contribution in [0.5, 0.6) is 0 Å². The average Bonchev–Trinajstić information content (AvgIpc) is 2.62. The summed E-state index contributed by atoms with van der Waals surface area (Å²) in [7, 11) is -3.75. The van der Waals surface area contributed by atoms with E-state index in [4.69, 9.17) is 5.14 Å². The molecule has 0 bridgehead atoms. The van der Waals surface area contributed by atoms with Crippen LogP contribution in [0.3, 0.4) is 0 Å². The van der Waals surface area contributed by atoms with Crippen LogP contribution in [-0.2, 0) is 10.0 Å². The lowest BCUT2D eigenvalue weighted by Crippen LogP contribution is -2.11. The van der Waals surface area contributed by atoms with Crippen molar-refractivity contribution in [2.75, 3.05) is 5.32 Å². The second-order valence-corrected chi connectivity index (χ2v) is 6.83. The number of benzene rings is 2. The molecule has 3 rings (SSSR count). The van der Waals surface area contributed by atoms with Gasteiger partial charge < -0.3 is 5.32 Å². The average molecular weight is 371 g/mol. The summed E-state index contributed by atoms with van der Waals surface area (Å²) in [6.45, 7) is 0. The zero-order chi connectivity index (χ0) is 18.7. The third kappa shape index (κ3) is 3.99. The van der Waals surface area contributed by atoms with E-state index < -0.39 is 14.9 Å². The minimum absolute atomic E-state index is 0.00333. The number of nitrogens with two attached hydrogens (primary N) is 1. The van der Waals surface area contributed by atoms with Gasteiger partial charge in [0.25, 0.3) is 5.69 Å². The van der Waals surface area contributed by atoms with Crippen LogP contribution in [0.15, 0.2) is 65.7 Å². The van der Waals surface area contributed by atoms with Crippen LogP contribution in [0.1, 0.15) is 0 Å². The van der Waals surface area contributed by atoms with Crippen molar-refractivity contribution in [3.63, 3.8) is 0 Å². The number of aromatic nitrogens is 2. The molecule has 0 saturated carbocycles. The maximum Gasteiger partial charge on any atom is 0.269 e. The van der Waals surface area contributed by atoms with Crippen LogP contribution >= 0.6 is 0 Å². The van der Waals surface area contributed by atoms with Crippen LogP contribution < -0.4 is 10.5 Å². The van der Waals surface area contributed by atoms with Gasteiger partial charge in [-0.1, -0.05) is 0 Å². The van der Waals surface area contributed by atoms with Crippen LogP contribution in [0, 0.1) is 10.1 Å². The Morgan fingerprint density at radius 1 is 1.00 bits per heavy atom. The predicted octanol–water partition coefficient (Wildman–Crippen LogP) is 2.44. The number of nitro benzene ring substituents is 1. The largest absolute Gasteiger partial charge is 0.324 e. The molecule has 0 spiro atoms. The van der Waals surface area contributed by atoms with Crippen LogP contribution in [0.4, 0.5) is 17.3 Å². The smallest absolute Gasteiger partial charge is 0.269 e. The summed E-state index contributed by atoms with van der Waals surface area (Å²) in [6, 6.07) is 13.5. The van der Waals surface area contributed by atoms with Gasteiger partial charge in [-0.2, -0.15) is 0 Å². The van der Waals surface area contributed by atoms with E-state index in [2.05, 4.69) is 15.3 Å². The molecule has 0 aliphatic heterocycles. The number of rotatable bonds is 5. The molecule has 0 aliphatic carbocycles. The first-order chi connectivity index (χ1) is 12.3. The zero-order valence-corrected chi connectivity index (χ0v) is 14.1. The van der Waals surface area contributed by atoms with Gasteiger partial charge in [0, 0.05) is 29.6 Å². The standard InChI is InChI=1S/C16H13N5O4S/c17-26(24,25)14-7-3-12(4-8-14)19-16-18-10-9-15(20-16)11-1-5-13(6-2-11)21(22)23/h1-10H,(H2,17,24,25)(H,18,19,20). The quantitative estimate of drug-likeness (QED) is 0.518. The molecule has 1 heterocycles. The molecular weight excluding hydrogens is 358 g/mol. The van der Waals surface area contributed by atoms with Gasteiger partial charge in [0.2, 0.25) is 16.0 Å². The zero-order valence-electron chi connectivity index (χ0n) is 13.2. The molecule has 0 radical (unpaired) electrons. The number of hydrogen-bond donors (Lipinski definition) is 2. The first kappa shape index (κ1) is 17.5.